The number of benzene rings is 2. The Balaban J connectivity index is 1.69. The van der Waals surface area contributed by atoms with E-state index in [0.717, 1.165) is 35.2 Å². The molecule has 3 heteroatoms. The quantitative estimate of drug-likeness (QED) is 0.233. The Hall–Kier alpha value is -2.52. The number of aliphatic hydroxyl groups is 1. The van der Waals surface area contributed by atoms with E-state index in [9.17, 15) is 5.11 Å². The maximum atomic E-state index is 9.94. The van der Waals surface area contributed by atoms with Gasteiger partial charge in [-0.15, -0.1) is 0 Å². The first-order valence-corrected chi connectivity index (χ1v) is 13.4. The van der Waals surface area contributed by atoms with Crippen LogP contribution in [0.3, 0.4) is 0 Å². The van der Waals surface area contributed by atoms with Gasteiger partial charge in [0.1, 0.15) is 0 Å². The summed E-state index contributed by atoms with van der Waals surface area (Å²) in [5.41, 5.74) is 6.53. The second-order valence-electron chi connectivity index (χ2n) is 9.44. The highest BCUT2D eigenvalue weighted by atomic mass is 16.3. The minimum atomic E-state index is -0.00686. The van der Waals surface area contributed by atoms with Crippen LogP contribution in [-0.4, -0.2) is 15.1 Å². The molecule has 0 atom stereocenters. The van der Waals surface area contributed by atoms with Crippen LogP contribution in [0.4, 0.5) is 0 Å². The van der Waals surface area contributed by atoms with Crippen LogP contribution < -0.4 is 0 Å². The molecular formula is C31H42N2O. The Kier molecular flexibility index (Phi) is 11.3. The molecule has 3 nitrogen and oxygen atoms in total. The Morgan fingerprint density at radius 1 is 0.676 bits per heavy atom. The summed E-state index contributed by atoms with van der Waals surface area (Å²) in [6.45, 7) is 4.49. The largest absolute Gasteiger partial charge is 0.392 e. The van der Waals surface area contributed by atoms with Gasteiger partial charge in [0.15, 0.2) is 5.82 Å². The van der Waals surface area contributed by atoms with Gasteiger partial charge in [0.25, 0.3) is 0 Å². The second kappa shape index (κ2) is 14.7. The van der Waals surface area contributed by atoms with Crippen molar-refractivity contribution >= 4 is 0 Å². The lowest BCUT2D eigenvalue weighted by Gasteiger charge is -2.11. The van der Waals surface area contributed by atoms with E-state index in [0.29, 0.717) is 5.82 Å². The van der Waals surface area contributed by atoms with Gasteiger partial charge < -0.3 is 5.11 Å². The summed E-state index contributed by atoms with van der Waals surface area (Å²) in [6, 6.07) is 17.1. The van der Waals surface area contributed by atoms with Crippen molar-refractivity contribution in [1.82, 2.24) is 9.97 Å². The van der Waals surface area contributed by atoms with Gasteiger partial charge in [-0.1, -0.05) is 102 Å². The molecular weight excluding hydrogens is 416 g/mol. The fraction of sp³-hybridized carbons (Fsp3) is 0.484. The number of unbranched alkanes of at least 4 members (excludes halogenated alkanes) is 8. The number of rotatable bonds is 15. The van der Waals surface area contributed by atoms with E-state index in [1.807, 2.05) is 18.3 Å². The first-order valence-electron chi connectivity index (χ1n) is 13.4. The summed E-state index contributed by atoms with van der Waals surface area (Å²) >= 11 is 0. The van der Waals surface area contributed by atoms with E-state index in [1.54, 1.807) is 0 Å². The fourth-order valence-corrected chi connectivity index (χ4v) is 4.48. The monoisotopic (exact) mass is 458 g/mol. The molecule has 0 unspecified atom stereocenters. The molecule has 1 N–H and O–H groups in total. The van der Waals surface area contributed by atoms with E-state index in [-0.39, 0.29) is 6.61 Å². The molecule has 0 radical (unpaired) electrons. The molecule has 0 aliphatic heterocycles. The molecule has 2 aromatic carbocycles. The molecule has 0 spiro atoms. The highest BCUT2D eigenvalue weighted by molar-refractivity contribution is 5.66. The summed E-state index contributed by atoms with van der Waals surface area (Å²) in [5, 5.41) is 9.94. The number of aromatic nitrogens is 2. The number of nitrogens with zero attached hydrogens (tertiary/aromatic N) is 2. The zero-order chi connectivity index (χ0) is 24.0. The lowest BCUT2D eigenvalue weighted by molar-refractivity contribution is 0.282. The van der Waals surface area contributed by atoms with Gasteiger partial charge in [0, 0.05) is 17.3 Å². The van der Waals surface area contributed by atoms with Crippen molar-refractivity contribution in [3.05, 3.63) is 71.4 Å². The third-order valence-electron chi connectivity index (χ3n) is 6.63. The van der Waals surface area contributed by atoms with Gasteiger partial charge in [0.05, 0.1) is 12.3 Å². The van der Waals surface area contributed by atoms with Crippen LogP contribution in [0.2, 0.25) is 0 Å². The predicted octanol–water partition coefficient (Wildman–Crippen LogP) is 8.33. The fourth-order valence-electron chi connectivity index (χ4n) is 4.48. The van der Waals surface area contributed by atoms with Crippen molar-refractivity contribution in [2.75, 3.05) is 0 Å². The smallest absolute Gasteiger partial charge is 0.160 e. The molecule has 0 saturated carbocycles. The molecule has 1 aromatic heterocycles. The highest BCUT2D eigenvalue weighted by Gasteiger charge is 2.11. The first-order chi connectivity index (χ1) is 16.7. The lowest BCUT2D eigenvalue weighted by atomic mass is 9.99. The predicted molar refractivity (Wildman–Crippen MR) is 144 cm³/mol. The van der Waals surface area contributed by atoms with Crippen LogP contribution in [0.5, 0.6) is 0 Å². The van der Waals surface area contributed by atoms with Crippen LogP contribution in [0.1, 0.15) is 94.7 Å². The molecule has 3 rings (SSSR count). The highest BCUT2D eigenvalue weighted by Crippen LogP contribution is 2.26. The number of hydrogen-bond acceptors (Lipinski definition) is 3. The van der Waals surface area contributed by atoms with Gasteiger partial charge >= 0.3 is 0 Å². The third kappa shape index (κ3) is 8.06. The van der Waals surface area contributed by atoms with Gasteiger partial charge in [0.2, 0.25) is 0 Å². The molecule has 182 valence electrons. The summed E-state index contributed by atoms with van der Waals surface area (Å²) in [6.07, 6.45) is 17.0. The van der Waals surface area contributed by atoms with Crippen LogP contribution in [0.15, 0.2) is 54.7 Å². The van der Waals surface area contributed by atoms with E-state index >= 15 is 0 Å². The number of hydrogen-bond donors (Lipinski definition) is 1. The minimum absolute atomic E-state index is 0.00686. The van der Waals surface area contributed by atoms with Crippen LogP contribution in [0.25, 0.3) is 22.6 Å². The average Bonchev–Trinajstić information content (AvgIpc) is 2.89. The Morgan fingerprint density at radius 2 is 1.29 bits per heavy atom. The Morgan fingerprint density at radius 3 is 2.03 bits per heavy atom. The first kappa shape index (κ1) is 26.1. The summed E-state index contributed by atoms with van der Waals surface area (Å²) in [7, 11) is 0. The second-order valence-corrected chi connectivity index (χ2v) is 9.44. The van der Waals surface area contributed by atoms with Crippen LogP contribution in [0, 0.1) is 0 Å². The maximum Gasteiger partial charge on any atom is 0.160 e. The molecule has 0 aliphatic rings. The Labute approximate surface area is 206 Å². The summed E-state index contributed by atoms with van der Waals surface area (Å²) in [4.78, 5) is 9.45. The normalized spacial score (nSPS) is 11.1. The molecule has 0 amide bonds. The van der Waals surface area contributed by atoms with Gasteiger partial charge in [-0.25, -0.2) is 9.97 Å². The molecule has 34 heavy (non-hydrogen) atoms. The molecule has 3 aromatic rings. The molecule has 1 heterocycles. The lowest BCUT2D eigenvalue weighted by Crippen LogP contribution is -1.98. The minimum Gasteiger partial charge on any atom is -0.392 e. The molecule has 0 bridgehead atoms. The van der Waals surface area contributed by atoms with E-state index < -0.39 is 0 Å². The maximum absolute atomic E-state index is 9.94. The van der Waals surface area contributed by atoms with Crippen molar-refractivity contribution in [2.24, 2.45) is 0 Å². The van der Waals surface area contributed by atoms with Crippen molar-refractivity contribution in [3.63, 3.8) is 0 Å². The molecule has 0 saturated heterocycles. The Bertz CT molecular complexity index is 981. The zero-order valence-corrected chi connectivity index (χ0v) is 21.2. The zero-order valence-electron chi connectivity index (χ0n) is 21.2. The van der Waals surface area contributed by atoms with Crippen molar-refractivity contribution in [3.8, 4) is 22.6 Å². The molecule has 0 fully saturated rings. The van der Waals surface area contributed by atoms with Gasteiger partial charge in [-0.3, -0.25) is 0 Å². The topological polar surface area (TPSA) is 46.0 Å². The number of aliphatic hydroxyl groups excluding tert-OH is 1. The summed E-state index contributed by atoms with van der Waals surface area (Å²) in [5.74, 6) is 0.690. The van der Waals surface area contributed by atoms with Crippen molar-refractivity contribution in [1.29, 1.82) is 0 Å². The SMILES string of the molecule is CCCCCCCCCc1ccc(CO)c(-c2nccc(-c3ccc(CCCCC)cc3)n2)c1. The van der Waals surface area contributed by atoms with E-state index in [2.05, 4.69) is 55.2 Å². The van der Waals surface area contributed by atoms with Crippen LogP contribution >= 0.6 is 0 Å². The van der Waals surface area contributed by atoms with E-state index in [4.69, 9.17) is 4.98 Å². The van der Waals surface area contributed by atoms with Crippen LogP contribution in [-0.2, 0) is 19.4 Å². The van der Waals surface area contributed by atoms with Crippen molar-refractivity contribution in [2.45, 2.75) is 97.5 Å². The van der Waals surface area contributed by atoms with Gasteiger partial charge in [-0.05, 0) is 54.5 Å². The van der Waals surface area contributed by atoms with Gasteiger partial charge in [-0.2, -0.15) is 0 Å². The average molecular weight is 459 g/mol. The number of aryl methyl sites for hydroxylation is 2. The summed E-state index contributed by atoms with van der Waals surface area (Å²) < 4.78 is 0. The third-order valence-corrected chi connectivity index (χ3v) is 6.63. The van der Waals surface area contributed by atoms with E-state index in [1.165, 1.54) is 75.3 Å². The standard InChI is InChI=1S/C31H42N2O/c1-3-5-7-8-9-10-12-14-26-17-20-28(24-34)29(23-26)31-32-22-21-30(33-31)27-18-15-25(16-19-27)13-11-6-4-2/h15-23,34H,3-14,24H2,1-2H3. The molecule has 0 aliphatic carbocycles. The van der Waals surface area contributed by atoms with Crippen molar-refractivity contribution < 1.29 is 5.11 Å².